The second-order valence-electron chi connectivity index (χ2n) is 4.26. The number of nitrogens with one attached hydrogen (secondary N) is 1. The molecule has 1 unspecified atom stereocenters. The molecule has 106 valence electrons. The van der Waals surface area contributed by atoms with Crippen LogP contribution in [0.15, 0.2) is 18.2 Å². The van der Waals surface area contributed by atoms with Gasteiger partial charge in [0.15, 0.2) is 0 Å². The summed E-state index contributed by atoms with van der Waals surface area (Å²) in [7, 11) is 0. The molecule has 0 aromatic heterocycles. The van der Waals surface area contributed by atoms with E-state index in [1.165, 1.54) is 0 Å². The van der Waals surface area contributed by atoms with Gasteiger partial charge in [-0.1, -0.05) is 6.92 Å². The van der Waals surface area contributed by atoms with Crippen molar-refractivity contribution >= 4 is 23.4 Å². The van der Waals surface area contributed by atoms with Crippen molar-refractivity contribution in [3.05, 3.63) is 23.8 Å². The molecule has 1 amide bonds. The molecule has 4 nitrogen and oxygen atoms in total. The van der Waals surface area contributed by atoms with Crippen molar-refractivity contribution < 1.29 is 9.53 Å². The van der Waals surface area contributed by atoms with Gasteiger partial charge < -0.3 is 15.8 Å². The lowest BCUT2D eigenvalue weighted by Crippen LogP contribution is -2.34. The number of ether oxygens (including phenoxy) is 1. The van der Waals surface area contributed by atoms with Gasteiger partial charge in [0.2, 0.25) is 0 Å². The van der Waals surface area contributed by atoms with Crippen LogP contribution in [0.5, 0.6) is 5.75 Å². The molecule has 0 aliphatic carbocycles. The van der Waals surface area contributed by atoms with Crippen LogP contribution < -0.4 is 15.8 Å². The molecular formula is C14H22N2O2S. The number of carbonyl (C=O) groups is 1. The Kier molecular flexibility index (Phi) is 6.56. The van der Waals surface area contributed by atoms with Gasteiger partial charge in [-0.2, -0.15) is 11.8 Å². The minimum absolute atomic E-state index is 0.113. The highest BCUT2D eigenvalue weighted by Gasteiger charge is 2.11. The average molecular weight is 282 g/mol. The van der Waals surface area contributed by atoms with Crippen LogP contribution in [0.4, 0.5) is 5.69 Å². The number of rotatable bonds is 7. The Morgan fingerprint density at radius 3 is 2.79 bits per heavy atom. The maximum absolute atomic E-state index is 12.1. The smallest absolute Gasteiger partial charge is 0.251 e. The molecule has 0 heterocycles. The number of benzene rings is 1. The number of hydrogen-bond donors (Lipinski definition) is 2. The van der Waals surface area contributed by atoms with E-state index >= 15 is 0 Å². The summed E-state index contributed by atoms with van der Waals surface area (Å²) in [5.74, 6) is 2.47. The summed E-state index contributed by atoms with van der Waals surface area (Å²) in [6, 6.07) is 5.23. The lowest BCUT2D eigenvalue weighted by molar-refractivity contribution is 0.0943. The standard InChI is InChI=1S/C14H22N2O2S/c1-4-18-13-7-11(6-12(15)8-13)14(17)16-10(3)9-19-5-2/h6-8,10H,4-5,9,15H2,1-3H3,(H,16,17). The van der Waals surface area contributed by atoms with Crippen molar-refractivity contribution in [2.45, 2.75) is 26.8 Å². The summed E-state index contributed by atoms with van der Waals surface area (Å²) in [4.78, 5) is 12.1. The Bertz CT molecular complexity index is 424. The first-order valence-electron chi connectivity index (χ1n) is 6.48. The van der Waals surface area contributed by atoms with E-state index in [2.05, 4.69) is 12.2 Å². The molecule has 0 bridgehead atoms. The third-order valence-electron chi connectivity index (χ3n) is 2.45. The van der Waals surface area contributed by atoms with Gasteiger partial charge in [-0.15, -0.1) is 0 Å². The van der Waals surface area contributed by atoms with Crippen LogP contribution in [0.3, 0.4) is 0 Å². The minimum atomic E-state index is -0.113. The second-order valence-corrected chi connectivity index (χ2v) is 5.58. The number of anilines is 1. The van der Waals surface area contributed by atoms with E-state index in [9.17, 15) is 4.79 Å². The van der Waals surface area contributed by atoms with E-state index in [4.69, 9.17) is 10.5 Å². The lowest BCUT2D eigenvalue weighted by Gasteiger charge is -2.14. The first kappa shape index (κ1) is 15.7. The van der Waals surface area contributed by atoms with E-state index < -0.39 is 0 Å². The highest BCUT2D eigenvalue weighted by atomic mass is 32.2. The Morgan fingerprint density at radius 2 is 2.16 bits per heavy atom. The first-order valence-corrected chi connectivity index (χ1v) is 7.64. The molecule has 1 aromatic rings. The van der Waals surface area contributed by atoms with Crippen molar-refractivity contribution in [1.82, 2.24) is 5.32 Å². The van der Waals surface area contributed by atoms with Crippen LogP contribution in [0.1, 0.15) is 31.1 Å². The monoisotopic (exact) mass is 282 g/mol. The molecule has 0 aliphatic heterocycles. The number of carbonyl (C=O) groups excluding carboxylic acids is 1. The largest absolute Gasteiger partial charge is 0.494 e. The van der Waals surface area contributed by atoms with E-state index in [0.29, 0.717) is 23.6 Å². The number of thioether (sulfide) groups is 1. The third-order valence-corrected chi connectivity index (χ3v) is 3.60. The Labute approximate surface area is 119 Å². The van der Waals surface area contributed by atoms with Crippen LogP contribution in [-0.2, 0) is 0 Å². The fraction of sp³-hybridized carbons (Fsp3) is 0.500. The van der Waals surface area contributed by atoms with E-state index in [-0.39, 0.29) is 11.9 Å². The van der Waals surface area contributed by atoms with Crippen LogP contribution in [0.25, 0.3) is 0 Å². The second kappa shape index (κ2) is 7.94. The van der Waals surface area contributed by atoms with Crippen LogP contribution >= 0.6 is 11.8 Å². The van der Waals surface area contributed by atoms with Gasteiger partial charge in [-0.05, 0) is 31.7 Å². The number of nitrogen functional groups attached to an aromatic ring is 1. The molecule has 0 saturated carbocycles. The SMILES string of the molecule is CCOc1cc(N)cc(C(=O)NC(C)CSCC)c1. The number of hydrogen-bond acceptors (Lipinski definition) is 4. The summed E-state index contributed by atoms with van der Waals surface area (Å²) in [6.07, 6.45) is 0. The zero-order valence-electron chi connectivity index (χ0n) is 11.7. The average Bonchev–Trinajstić information content (AvgIpc) is 2.36. The number of nitrogens with two attached hydrogens (primary N) is 1. The van der Waals surface area contributed by atoms with Gasteiger partial charge in [0.25, 0.3) is 5.91 Å². The van der Waals surface area contributed by atoms with Gasteiger partial charge in [0.05, 0.1) is 6.61 Å². The molecule has 5 heteroatoms. The minimum Gasteiger partial charge on any atom is -0.494 e. The molecule has 0 saturated heterocycles. The van der Waals surface area contributed by atoms with E-state index in [1.54, 1.807) is 30.0 Å². The van der Waals surface area contributed by atoms with Crippen molar-refractivity contribution in [3.8, 4) is 5.75 Å². The van der Waals surface area contributed by atoms with Crippen molar-refractivity contribution in [2.75, 3.05) is 23.8 Å². The molecule has 0 spiro atoms. The normalized spacial score (nSPS) is 11.9. The van der Waals surface area contributed by atoms with Gasteiger partial charge in [-0.3, -0.25) is 4.79 Å². The third kappa shape index (κ3) is 5.42. The fourth-order valence-corrected chi connectivity index (χ4v) is 2.32. The van der Waals surface area contributed by atoms with Crippen LogP contribution in [0, 0.1) is 0 Å². The predicted octanol–water partition coefficient (Wildman–Crippen LogP) is 2.54. The topological polar surface area (TPSA) is 64.3 Å². The summed E-state index contributed by atoms with van der Waals surface area (Å²) in [6.45, 7) is 6.54. The summed E-state index contributed by atoms with van der Waals surface area (Å²) < 4.78 is 5.38. The Morgan fingerprint density at radius 1 is 1.42 bits per heavy atom. The lowest BCUT2D eigenvalue weighted by atomic mass is 10.1. The fourth-order valence-electron chi connectivity index (χ4n) is 1.65. The first-order chi connectivity index (χ1) is 9.06. The number of amides is 1. The van der Waals surface area contributed by atoms with Gasteiger partial charge in [0.1, 0.15) is 5.75 Å². The zero-order chi connectivity index (χ0) is 14.3. The van der Waals surface area contributed by atoms with Crippen LogP contribution in [0.2, 0.25) is 0 Å². The molecular weight excluding hydrogens is 260 g/mol. The maximum Gasteiger partial charge on any atom is 0.251 e. The predicted molar refractivity (Wildman–Crippen MR) is 82.0 cm³/mol. The summed E-state index contributed by atoms with van der Waals surface area (Å²) in [5, 5.41) is 2.96. The highest BCUT2D eigenvalue weighted by molar-refractivity contribution is 7.99. The summed E-state index contributed by atoms with van der Waals surface area (Å²) >= 11 is 1.80. The van der Waals surface area contributed by atoms with Gasteiger partial charge in [-0.25, -0.2) is 0 Å². The molecule has 19 heavy (non-hydrogen) atoms. The quantitative estimate of drug-likeness (QED) is 0.754. The highest BCUT2D eigenvalue weighted by Crippen LogP contribution is 2.19. The van der Waals surface area contributed by atoms with Crippen molar-refractivity contribution in [2.24, 2.45) is 0 Å². The Hall–Kier alpha value is -1.36. The Balaban J connectivity index is 2.70. The molecule has 0 fully saturated rings. The maximum atomic E-state index is 12.1. The zero-order valence-corrected chi connectivity index (χ0v) is 12.5. The molecule has 1 rings (SSSR count). The molecule has 0 aliphatic rings. The van der Waals surface area contributed by atoms with E-state index in [1.807, 2.05) is 13.8 Å². The van der Waals surface area contributed by atoms with E-state index in [0.717, 1.165) is 11.5 Å². The van der Waals surface area contributed by atoms with Crippen molar-refractivity contribution in [3.63, 3.8) is 0 Å². The molecule has 1 atom stereocenters. The van der Waals surface area contributed by atoms with Crippen LogP contribution in [-0.4, -0.2) is 30.1 Å². The van der Waals surface area contributed by atoms with Crippen molar-refractivity contribution in [1.29, 1.82) is 0 Å². The summed E-state index contributed by atoms with van der Waals surface area (Å²) in [5.41, 5.74) is 6.85. The van der Waals surface area contributed by atoms with Gasteiger partial charge >= 0.3 is 0 Å². The molecule has 0 radical (unpaired) electrons. The van der Waals surface area contributed by atoms with Gasteiger partial charge in [0, 0.05) is 29.1 Å². The molecule has 1 aromatic carbocycles. The molecule has 3 N–H and O–H groups in total.